The van der Waals surface area contributed by atoms with Crippen LogP contribution in [0.3, 0.4) is 0 Å². The standard InChI is InChI=1S/C12H16ClNO5S/c13-10-1-3-12(4-2-10)19-9-11(15)5-6-14-7-8-20(16,17)18/h1-4,14H,5-9H2,(H,16,17,18). The van der Waals surface area contributed by atoms with Gasteiger partial charge in [-0.3, -0.25) is 9.35 Å². The van der Waals surface area contributed by atoms with Gasteiger partial charge in [-0.25, -0.2) is 0 Å². The van der Waals surface area contributed by atoms with Gasteiger partial charge in [0.2, 0.25) is 0 Å². The van der Waals surface area contributed by atoms with Gasteiger partial charge in [-0.05, 0) is 24.3 Å². The number of rotatable bonds is 9. The highest BCUT2D eigenvalue weighted by Gasteiger charge is 2.05. The number of hydrogen-bond donors (Lipinski definition) is 2. The van der Waals surface area contributed by atoms with Crippen molar-refractivity contribution in [2.24, 2.45) is 0 Å². The maximum atomic E-state index is 11.5. The molecule has 0 saturated heterocycles. The molecule has 112 valence electrons. The van der Waals surface area contributed by atoms with Crippen LogP contribution < -0.4 is 10.1 Å². The lowest BCUT2D eigenvalue weighted by atomic mass is 10.3. The van der Waals surface area contributed by atoms with E-state index in [0.717, 1.165) is 0 Å². The van der Waals surface area contributed by atoms with Gasteiger partial charge in [0.05, 0.1) is 5.75 Å². The van der Waals surface area contributed by atoms with Crippen molar-refractivity contribution in [3.8, 4) is 5.75 Å². The molecular formula is C12H16ClNO5S. The molecule has 0 aliphatic rings. The third kappa shape index (κ3) is 8.11. The van der Waals surface area contributed by atoms with Crippen LogP contribution in [0.2, 0.25) is 5.02 Å². The highest BCUT2D eigenvalue weighted by Crippen LogP contribution is 2.15. The molecule has 1 aromatic carbocycles. The summed E-state index contributed by atoms with van der Waals surface area (Å²) in [7, 11) is -3.96. The number of carbonyl (C=O) groups is 1. The van der Waals surface area contributed by atoms with Crippen LogP contribution in [0.1, 0.15) is 6.42 Å². The third-order valence-corrected chi connectivity index (χ3v) is 3.30. The lowest BCUT2D eigenvalue weighted by molar-refractivity contribution is -0.120. The minimum absolute atomic E-state index is 0.0540. The van der Waals surface area contributed by atoms with E-state index in [-0.39, 0.29) is 31.1 Å². The summed E-state index contributed by atoms with van der Waals surface area (Å²) in [4.78, 5) is 11.5. The van der Waals surface area contributed by atoms with Crippen LogP contribution in [0.15, 0.2) is 24.3 Å². The zero-order chi connectivity index (χ0) is 15.0. The SMILES string of the molecule is O=C(CCNCCS(=O)(=O)O)COc1ccc(Cl)cc1. The summed E-state index contributed by atoms with van der Waals surface area (Å²) >= 11 is 5.71. The van der Waals surface area contributed by atoms with E-state index in [1.165, 1.54) is 0 Å². The predicted octanol–water partition coefficient (Wildman–Crippen LogP) is 1.16. The Balaban J connectivity index is 2.13. The number of nitrogens with one attached hydrogen (secondary N) is 1. The van der Waals surface area contributed by atoms with Gasteiger partial charge in [-0.15, -0.1) is 0 Å². The monoisotopic (exact) mass is 321 g/mol. The molecular weight excluding hydrogens is 306 g/mol. The van der Waals surface area contributed by atoms with E-state index in [0.29, 0.717) is 17.3 Å². The molecule has 0 bridgehead atoms. The first-order chi connectivity index (χ1) is 9.37. The van der Waals surface area contributed by atoms with Crippen molar-refractivity contribution in [1.82, 2.24) is 5.32 Å². The van der Waals surface area contributed by atoms with Gasteiger partial charge < -0.3 is 10.1 Å². The molecule has 0 heterocycles. The second-order valence-electron chi connectivity index (χ2n) is 4.07. The van der Waals surface area contributed by atoms with Crippen molar-refractivity contribution in [2.45, 2.75) is 6.42 Å². The van der Waals surface area contributed by atoms with Crippen molar-refractivity contribution >= 4 is 27.5 Å². The first-order valence-corrected chi connectivity index (χ1v) is 7.91. The number of hydrogen-bond acceptors (Lipinski definition) is 5. The lowest BCUT2D eigenvalue weighted by Gasteiger charge is -2.06. The van der Waals surface area contributed by atoms with Gasteiger partial charge in [0.1, 0.15) is 12.4 Å². The van der Waals surface area contributed by atoms with Crippen LogP contribution in [-0.4, -0.2) is 44.2 Å². The molecule has 0 aliphatic heterocycles. The summed E-state index contributed by atoms with van der Waals surface area (Å²) in [5.74, 6) is 0.0732. The molecule has 6 nitrogen and oxygen atoms in total. The Morgan fingerprint density at radius 2 is 1.90 bits per heavy atom. The molecule has 0 fully saturated rings. The average molecular weight is 322 g/mol. The summed E-state index contributed by atoms with van der Waals surface area (Å²) < 4.78 is 34.6. The fourth-order valence-electron chi connectivity index (χ4n) is 1.32. The van der Waals surface area contributed by atoms with E-state index in [9.17, 15) is 13.2 Å². The fraction of sp³-hybridized carbons (Fsp3) is 0.417. The average Bonchev–Trinajstić information content (AvgIpc) is 2.36. The molecule has 1 rings (SSSR count). The first kappa shape index (κ1) is 16.9. The summed E-state index contributed by atoms with van der Waals surface area (Å²) in [6.45, 7) is 0.379. The van der Waals surface area contributed by atoms with E-state index in [4.69, 9.17) is 20.9 Å². The smallest absolute Gasteiger partial charge is 0.266 e. The molecule has 0 amide bonds. The fourth-order valence-corrected chi connectivity index (χ4v) is 1.85. The second kappa shape index (κ2) is 8.21. The van der Waals surface area contributed by atoms with Crippen LogP contribution in [0, 0.1) is 0 Å². The predicted molar refractivity (Wildman–Crippen MR) is 75.9 cm³/mol. The van der Waals surface area contributed by atoms with Crippen LogP contribution in [0.5, 0.6) is 5.75 Å². The first-order valence-electron chi connectivity index (χ1n) is 5.93. The number of carbonyl (C=O) groups excluding carboxylic acids is 1. The van der Waals surface area contributed by atoms with Gasteiger partial charge in [-0.2, -0.15) is 8.42 Å². The van der Waals surface area contributed by atoms with Gasteiger partial charge in [0.15, 0.2) is 5.78 Å². The van der Waals surface area contributed by atoms with Crippen molar-refractivity contribution in [3.63, 3.8) is 0 Å². The van der Waals surface area contributed by atoms with Gasteiger partial charge in [-0.1, -0.05) is 11.6 Å². The number of ketones is 1. The van der Waals surface area contributed by atoms with E-state index in [1.807, 2.05) is 0 Å². The second-order valence-corrected chi connectivity index (χ2v) is 6.08. The van der Waals surface area contributed by atoms with Crippen LogP contribution in [-0.2, 0) is 14.9 Å². The topological polar surface area (TPSA) is 92.7 Å². The van der Waals surface area contributed by atoms with Gasteiger partial charge in [0.25, 0.3) is 10.1 Å². The summed E-state index contributed by atoms with van der Waals surface area (Å²) in [6, 6.07) is 6.66. The van der Waals surface area contributed by atoms with Crippen molar-refractivity contribution in [2.75, 3.05) is 25.4 Å². The molecule has 0 atom stereocenters. The number of halogens is 1. The highest BCUT2D eigenvalue weighted by atomic mass is 35.5. The zero-order valence-electron chi connectivity index (χ0n) is 10.7. The van der Waals surface area contributed by atoms with E-state index in [2.05, 4.69) is 5.32 Å². The number of Topliss-reactive ketones (excluding diaryl/α,β-unsaturated/α-hetero) is 1. The molecule has 8 heteroatoms. The molecule has 1 aromatic rings. The zero-order valence-corrected chi connectivity index (χ0v) is 12.3. The highest BCUT2D eigenvalue weighted by molar-refractivity contribution is 7.85. The number of ether oxygens (including phenoxy) is 1. The molecule has 0 unspecified atom stereocenters. The molecule has 0 spiro atoms. The van der Waals surface area contributed by atoms with Gasteiger partial charge in [0, 0.05) is 24.5 Å². The Kier molecular flexibility index (Phi) is 6.94. The van der Waals surface area contributed by atoms with Crippen LogP contribution in [0.25, 0.3) is 0 Å². The normalized spacial score (nSPS) is 11.3. The molecule has 0 saturated carbocycles. The summed E-state index contributed by atoms with van der Waals surface area (Å²) in [5, 5.41) is 3.34. The lowest BCUT2D eigenvalue weighted by Crippen LogP contribution is -2.26. The number of benzene rings is 1. The molecule has 2 N–H and O–H groups in total. The molecule has 20 heavy (non-hydrogen) atoms. The van der Waals surface area contributed by atoms with Crippen molar-refractivity contribution in [3.05, 3.63) is 29.3 Å². The maximum absolute atomic E-state index is 11.5. The summed E-state index contributed by atoms with van der Waals surface area (Å²) in [5.41, 5.74) is 0. The molecule has 0 radical (unpaired) electrons. The Labute approximate surface area is 122 Å². The molecule has 0 aromatic heterocycles. The summed E-state index contributed by atoms with van der Waals surface area (Å²) in [6.07, 6.45) is 0.221. The Morgan fingerprint density at radius 1 is 1.25 bits per heavy atom. The molecule has 0 aliphatic carbocycles. The van der Waals surface area contributed by atoms with Gasteiger partial charge >= 0.3 is 0 Å². The van der Waals surface area contributed by atoms with Crippen molar-refractivity contribution < 1.29 is 22.5 Å². The Hall–Kier alpha value is -1.15. The van der Waals surface area contributed by atoms with Crippen LogP contribution >= 0.6 is 11.6 Å². The Bertz CT molecular complexity index is 529. The Morgan fingerprint density at radius 3 is 2.50 bits per heavy atom. The van der Waals surface area contributed by atoms with E-state index in [1.54, 1.807) is 24.3 Å². The maximum Gasteiger partial charge on any atom is 0.266 e. The van der Waals surface area contributed by atoms with E-state index < -0.39 is 10.1 Å². The third-order valence-electron chi connectivity index (χ3n) is 2.33. The van der Waals surface area contributed by atoms with Crippen LogP contribution in [0.4, 0.5) is 0 Å². The minimum atomic E-state index is -3.96. The minimum Gasteiger partial charge on any atom is -0.486 e. The van der Waals surface area contributed by atoms with Crippen molar-refractivity contribution in [1.29, 1.82) is 0 Å². The van der Waals surface area contributed by atoms with E-state index >= 15 is 0 Å². The largest absolute Gasteiger partial charge is 0.486 e. The quantitative estimate of drug-likeness (QED) is 0.523.